The second-order valence-electron chi connectivity index (χ2n) is 11.2. The van der Waals surface area contributed by atoms with Gasteiger partial charge in [-0.25, -0.2) is 0 Å². The molecule has 4 rings (SSSR count). The first-order chi connectivity index (χ1) is 13.7. The minimum absolute atomic E-state index is 0.138. The summed E-state index contributed by atoms with van der Waals surface area (Å²) >= 11 is 0. The molecule has 0 saturated heterocycles. The van der Waals surface area contributed by atoms with Crippen molar-refractivity contribution in [3.8, 4) is 0 Å². The van der Waals surface area contributed by atoms with E-state index in [0.717, 1.165) is 24.7 Å². The van der Waals surface area contributed by atoms with E-state index in [1.165, 1.54) is 37.7 Å². The molecule has 3 nitrogen and oxygen atoms in total. The van der Waals surface area contributed by atoms with E-state index in [2.05, 4.69) is 27.4 Å². The van der Waals surface area contributed by atoms with Gasteiger partial charge in [-0.15, -0.1) is 0 Å². The summed E-state index contributed by atoms with van der Waals surface area (Å²) in [4.78, 5) is 25.3. The molecule has 0 aromatic carbocycles. The maximum absolute atomic E-state index is 12.9. The summed E-state index contributed by atoms with van der Waals surface area (Å²) in [5.41, 5.74) is 2.00. The summed E-state index contributed by atoms with van der Waals surface area (Å²) in [5.74, 6) is 2.75. The number of Topliss-reactive ketones (excluding diaryl/α,β-unsaturated/α-hetero) is 1. The molecule has 0 aromatic heterocycles. The van der Waals surface area contributed by atoms with E-state index in [4.69, 9.17) is 4.74 Å². The number of carbonyl (C=O) groups is 2. The molecule has 0 radical (unpaired) electrons. The van der Waals surface area contributed by atoms with Crippen LogP contribution in [0.3, 0.4) is 0 Å². The average Bonchev–Trinajstić information content (AvgIpc) is 2.95. The van der Waals surface area contributed by atoms with Crippen LogP contribution in [0.2, 0.25) is 0 Å². The lowest BCUT2D eigenvalue weighted by molar-refractivity contribution is -0.151. The summed E-state index contributed by atoms with van der Waals surface area (Å²) in [6, 6.07) is 0. The molecule has 4 aliphatic carbocycles. The van der Waals surface area contributed by atoms with Gasteiger partial charge in [0.15, 0.2) is 0 Å². The summed E-state index contributed by atoms with van der Waals surface area (Å²) in [7, 11) is 0. The second-order valence-corrected chi connectivity index (χ2v) is 11.2. The van der Waals surface area contributed by atoms with Crippen molar-refractivity contribution >= 4 is 11.8 Å². The van der Waals surface area contributed by atoms with Crippen LogP contribution in [0.15, 0.2) is 12.2 Å². The van der Waals surface area contributed by atoms with Gasteiger partial charge in [-0.05, 0) is 106 Å². The number of carbonyl (C=O) groups excluding carboxylic acids is 2. The van der Waals surface area contributed by atoms with Crippen LogP contribution < -0.4 is 0 Å². The molecule has 4 saturated carbocycles. The molecule has 8 atom stereocenters. The fourth-order valence-electron chi connectivity index (χ4n) is 8.56. The Labute approximate surface area is 177 Å². The predicted octanol–water partition coefficient (Wildman–Crippen LogP) is 5.97. The Morgan fingerprint density at radius 3 is 2.41 bits per heavy atom. The minimum atomic E-state index is -0.524. The maximum atomic E-state index is 12.9. The van der Waals surface area contributed by atoms with E-state index >= 15 is 0 Å². The van der Waals surface area contributed by atoms with Gasteiger partial charge in [0.1, 0.15) is 11.7 Å². The lowest BCUT2D eigenvalue weighted by atomic mass is 9.46. The molecule has 4 aliphatic rings. The third-order valence-corrected chi connectivity index (χ3v) is 10.0. The molecule has 1 unspecified atom stereocenters. The van der Waals surface area contributed by atoms with Crippen LogP contribution in [-0.4, -0.2) is 18.4 Å². The van der Waals surface area contributed by atoms with Crippen LogP contribution in [0.5, 0.6) is 0 Å². The Morgan fingerprint density at radius 1 is 1.03 bits per heavy atom. The summed E-state index contributed by atoms with van der Waals surface area (Å²) in [6.45, 7) is 13.8. The van der Waals surface area contributed by atoms with Gasteiger partial charge in [-0.3, -0.25) is 9.59 Å². The Kier molecular flexibility index (Phi) is 5.49. The van der Waals surface area contributed by atoms with Gasteiger partial charge >= 0.3 is 5.97 Å². The van der Waals surface area contributed by atoms with Gasteiger partial charge in [0, 0.05) is 6.42 Å². The highest BCUT2D eigenvalue weighted by atomic mass is 16.5. The van der Waals surface area contributed by atoms with Crippen molar-refractivity contribution in [3.05, 3.63) is 12.2 Å². The quantitative estimate of drug-likeness (QED) is 0.333. The van der Waals surface area contributed by atoms with Gasteiger partial charge in [-0.2, -0.15) is 0 Å². The van der Waals surface area contributed by atoms with E-state index in [0.29, 0.717) is 42.6 Å². The Balaban J connectivity index is 1.58. The van der Waals surface area contributed by atoms with Crippen molar-refractivity contribution < 1.29 is 14.3 Å². The Morgan fingerprint density at radius 2 is 1.72 bits per heavy atom. The maximum Gasteiger partial charge on any atom is 0.316 e. The number of hydrogen-bond donors (Lipinski definition) is 0. The highest BCUT2D eigenvalue weighted by Crippen LogP contribution is 2.67. The fraction of sp³-hybridized carbons (Fsp3) is 0.846. The molecule has 3 heteroatoms. The van der Waals surface area contributed by atoms with Crippen LogP contribution >= 0.6 is 0 Å². The fourth-order valence-corrected chi connectivity index (χ4v) is 8.56. The number of rotatable bonds is 3. The van der Waals surface area contributed by atoms with Crippen molar-refractivity contribution in [2.24, 2.45) is 46.3 Å². The zero-order valence-electron chi connectivity index (χ0n) is 19.0. The summed E-state index contributed by atoms with van der Waals surface area (Å²) in [5, 5.41) is 0. The largest absolute Gasteiger partial charge is 0.465 e. The molecule has 0 heterocycles. The lowest BCUT2D eigenvalue weighted by Gasteiger charge is -2.59. The van der Waals surface area contributed by atoms with Crippen LogP contribution in [0.1, 0.15) is 85.5 Å². The van der Waals surface area contributed by atoms with E-state index in [1.807, 2.05) is 6.92 Å². The van der Waals surface area contributed by atoms with Crippen molar-refractivity contribution in [1.29, 1.82) is 0 Å². The molecule has 0 aliphatic heterocycles. The highest BCUT2D eigenvalue weighted by molar-refractivity contribution is 5.99. The molecule has 0 bridgehead atoms. The van der Waals surface area contributed by atoms with Crippen molar-refractivity contribution in [3.63, 3.8) is 0 Å². The van der Waals surface area contributed by atoms with Gasteiger partial charge in [-0.1, -0.05) is 26.0 Å². The first kappa shape index (κ1) is 21.1. The third-order valence-electron chi connectivity index (χ3n) is 10.0. The molecular formula is C26H40O3. The normalized spacial score (nSPS) is 46.8. The van der Waals surface area contributed by atoms with E-state index in [-0.39, 0.29) is 17.2 Å². The van der Waals surface area contributed by atoms with Crippen molar-refractivity contribution in [2.75, 3.05) is 6.61 Å². The summed E-state index contributed by atoms with van der Waals surface area (Å²) in [6.07, 6.45) is 9.93. The number of fused-ring (bicyclic) bond motifs is 5. The third kappa shape index (κ3) is 3.22. The van der Waals surface area contributed by atoms with Gasteiger partial charge < -0.3 is 4.74 Å². The van der Waals surface area contributed by atoms with Gasteiger partial charge in [0.2, 0.25) is 0 Å². The number of esters is 1. The lowest BCUT2D eigenvalue weighted by Crippen LogP contribution is -2.51. The molecule has 0 spiro atoms. The molecular weight excluding hydrogens is 360 g/mol. The molecule has 4 fully saturated rings. The van der Waals surface area contributed by atoms with E-state index < -0.39 is 5.92 Å². The molecule has 29 heavy (non-hydrogen) atoms. The average molecular weight is 401 g/mol. The number of allylic oxidation sites excluding steroid dienone is 1. The standard InChI is InChI=1S/C26H40O3/c1-6-29-24(28)19-11-13-25(4)17(15-23(19)27)7-8-18-21-10-9-20(16(2)3)26(21,5)14-12-22(18)25/h17-22H,2,6-15H2,1,3-5H3/t17-,18-,19?,20+,21-,22-,25-,26+/m0/s1. The first-order valence-electron chi connectivity index (χ1n) is 12.1. The van der Waals surface area contributed by atoms with E-state index in [9.17, 15) is 9.59 Å². The van der Waals surface area contributed by atoms with Crippen LogP contribution in [0, 0.1) is 46.3 Å². The van der Waals surface area contributed by atoms with Gasteiger partial charge in [0.25, 0.3) is 0 Å². The van der Waals surface area contributed by atoms with Gasteiger partial charge in [0.05, 0.1) is 6.61 Å². The molecule has 0 N–H and O–H groups in total. The molecule has 0 amide bonds. The first-order valence-corrected chi connectivity index (χ1v) is 12.1. The number of hydrogen-bond acceptors (Lipinski definition) is 3. The SMILES string of the molecule is C=C(C)[C@H]1CC[C@H]2[C@@H]3CC[C@H]4CC(=O)C(C(=O)OCC)CC[C@]4(C)[C@H]3CC[C@]12C. The minimum Gasteiger partial charge on any atom is -0.465 e. The van der Waals surface area contributed by atoms with Crippen LogP contribution in [-0.2, 0) is 14.3 Å². The zero-order chi connectivity index (χ0) is 21.0. The number of ether oxygens (including phenoxy) is 1. The van der Waals surface area contributed by atoms with Crippen LogP contribution in [0.4, 0.5) is 0 Å². The van der Waals surface area contributed by atoms with Crippen LogP contribution in [0.25, 0.3) is 0 Å². The Bertz CT molecular complexity index is 696. The second kappa shape index (κ2) is 7.54. The number of ketones is 1. The van der Waals surface area contributed by atoms with Crippen molar-refractivity contribution in [2.45, 2.75) is 85.5 Å². The highest BCUT2D eigenvalue weighted by Gasteiger charge is 2.60. The predicted molar refractivity (Wildman–Crippen MR) is 115 cm³/mol. The summed E-state index contributed by atoms with van der Waals surface area (Å²) < 4.78 is 5.24. The Hall–Kier alpha value is -1.12. The van der Waals surface area contributed by atoms with E-state index in [1.54, 1.807) is 0 Å². The zero-order valence-corrected chi connectivity index (χ0v) is 19.0. The monoisotopic (exact) mass is 400 g/mol. The molecule has 0 aromatic rings. The van der Waals surface area contributed by atoms with Crippen molar-refractivity contribution in [1.82, 2.24) is 0 Å². The smallest absolute Gasteiger partial charge is 0.316 e. The topological polar surface area (TPSA) is 43.4 Å². The molecule has 162 valence electrons.